The van der Waals surface area contributed by atoms with Gasteiger partial charge in [-0.1, -0.05) is 0 Å². The fraction of sp³-hybridized carbons (Fsp3) is 0.455. The summed E-state index contributed by atoms with van der Waals surface area (Å²) < 4.78 is 5.27. The zero-order valence-corrected chi connectivity index (χ0v) is 9.31. The van der Waals surface area contributed by atoms with Gasteiger partial charge in [-0.15, -0.1) is 0 Å². The van der Waals surface area contributed by atoms with Crippen molar-refractivity contribution < 1.29 is 4.74 Å². The standard InChI is InChI=1S/C11H13N5O/c12-5-8-7-14-10(6-13)16-11(8)15-9-1-3-17-4-2-9/h5,7,9,12H,1-4H2,(H,14,15,16). The molecular formula is C11H13N5O. The number of nitriles is 1. The average molecular weight is 231 g/mol. The van der Waals surface area contributed by atoms with Crippen LogP contribution >= 0.6 is 0 Å². The second kappa shape index (κ2) is 5.37. The molecule has 6 heteroatoms. The number of nitrogens with one attached hydrogen (secondary N) is 2. The molecule has 0 aliphatic carbocycles. The van der Waals surface area contributed by atoms with E-state index in [9.17, 15) is 0 Å². The zero-order chi connectivity index (χ0) is 12.1. The van der Waals surface area contributed by atoms with Crippen LogP contribution in [0.1, 0.15) is 24.2 Å². The normalized spacial score (nSPS) is 16.2. The maximum absolute atomic E-state index is 8.75. The van der Waals surface area contributed by atoms with Gasteiger partial charge in [-0.25, -0.2) is 9.97 Å². The maximum Gasteiger partial charge on any atom is 0.234 e. The van der Waals surface area contributed by atoms with Gasteiger partial charge in [0, 0.05) is 31.7 Å². The highest BCUT2D eigenvalue weighted by molar-refractivity contribution is 5.83. The summed E-state index contributed by atoms with van der Waals surface area (Å²) in [6.45, 7) is 1.46. The Morgan fingerprint density at radius 2 is 2.29 bits per heavy atom. The van der Waals surface area contributed by atoms with Crippen LogP contribution in [0.2, 0.25) is 0 Å². The van der Waals surface area contributed by atoms with Crippen LogP contribution in [0.25, 0.3) is 0 Å². The molecule has 0 bridgehead atoms. The van der Waals surface area contributed by atoms with Crippen LogP contribution < -0.4 is 5.32 Å². The maximum atomic E-state index is 8.75. The lowest BCUT2D eigenvalue weighted by Gasteiger charge is -2.24. The molecule has 0 aromatic carbocycles. The van der Waals surface area contributed by atoms with E-state index in [1.807, 2.05) is 6.07 Å². The number of rotatable bonds is 3. The molecule has 0 spiro atoms. The molecule has 0 atom stereocenters. The molecule has 6 nitrogen and oxygen atoms in total. The fourth-order valence-corrected chi connectivity index (χ4v) is 1.70. The van der Waals surface area contributed by atoms with Crippen LogP contribution in [-0.4, -0.2) is 35.4 Å². The van der Waals surface area contributed by atoms with E-state index in [1.165, 1.54) is 12.4 Å². The molecule has 2 rings (SSSR count). The molecule has 17 heavy (non-hydrogen) atoms. The summed E-state index contributed by atoms with van der Waals surface area (Å²) >= 11 is 0. The smallest absolute Gasteiger partial charge is 0.234 e. The molecule has 0 saturated carbocycles. The third kappa shape index (κ3) is 2.77. The highest BCUT2D eigenvalue weighted by Crippen LogP contribution is 2.15. The summed E-state index contributed by atoms with van der Waals surface area (Å²) in [5.74, 6) is 0.670. The Labute approximate surface area is 99.2 Å². The van der Waals surface area contributed by atoms with Crippen molar-refractivity contribution in [3.8, 4) is 6.07 Å². The lowest BCUT2D eigenvalue weighted by Crippen LogP contribution is -2.28. The topological polar surface area (TPSA) is 94.7 Å². The first-order valence-electron chi connectivity index (χ1n) is 5.45. The van der Waals surface area contributed by atoms with Gasteiger partial charge in [-0.2, -0.15) is 5.26 Å². The van der Waals surface area contributed by atoms with Gasteiger partial charge in [0.2, 0.25) is 5.82 Å². The molecule has 1 saturated heterocycles. The molecule has 2 N–H and O–H groups in total. The van der Waals surface area contributed by atoms with Crippen LogP contribution in [0, 0.1) is 16.7 Å². The Morgan fingerprint density at radius 3 is 2.94 bits per heavy atom. The van der Waals surface area contributed by atoms with Crippen LogP contribution in [-0.2, 0) is 4.74 Å². The summed E-state index contributed by atoms with van der Waals surface area (Å²) in [5, 5.41) is 19.3. The van der Waals surface area contributed by atoms with Crippen molar-refractivity contribution in [1.29, 1.82) is 10.7 Å². The van der Waals surface area contributed by atoms with Gasteiger partial charge in [0.25, 0.3) is 0 Å². The number of nitrogens with zero attached hydrogens (tertiary/aromatic N) is 3. The molecule has 1 aromatic rings. The Balaban J connectivity index is 2.17. The van der Waals surface area contributed by atoms with E-state index in [1.54, 1.807) is 0 Å². The van der Waals surface area contributed by atoms with Crippen molar-refractivity contribution in [2.45, 2.75) is 18.9 Å². The second-order valence-electron chi connectivity index (χ2n) is 3.78. The molecule has 88 valence electrons. The molecule has 2 heterocycles. The Morgan fingerprint density at radius 1 is 1.53 bits per heavy atom. The van der Waals surface area contributed by atoms with Gasteiger partial charge in [0.1, 0.15) is 11.9 Å². The largest absolute Gasteiger partial charge is 0.381 e. The fourth-order valence-electron chi connectivity index (χ4n) is 1.70. The van der Waals surface area contributed by atoms with Crippen LogP contribution in [0.3, 0.4) is 0 Å². The first-order chi connectivity index (χ1) is 8.33. The number of hydrogen-bond donors (Lipinski definition) is 2. The van der Waals surface area contributed by atoms with Gasteiger partial charge >= 0.3 is 0 Å². The SMILES string of the molecule is N#Cc1ncc(C=N)c(NC2CCOCC2)n1. The first-order valence-corrected chi connectivity index (χ1v) is 5.45. The highest BCUT2D eigenvalue weighted by atomic mass is 16.5. The number of ether oxygens (including phenoxy) is 1. The van der Waals surface area contributed by atoms with E-state index in [0.29, 0.717) is 11.4 Å². The molecule has 0 unspecified atom stereocenters. The Bertz CT molecular complexity index is 448. The van der Waals surface area contributed by atoms with Crippen molar-refractivity contribution in [2.75, 3.05) is 18.5 Å². The molecule has 1 aromatic heterocycles. The van der Waals surface area contributed by atoms with E-state index in [2.05, 4.69) is 15.3 Å². The molecule has 0 amide bonds. The van der Waals surface area contributed by atoms with Crippen LogP contribution in [0.15, 0.2) is 6.20 Å². The molecule has 1 fully saturated rings. The minimum Gasteiger partial charge on any atom is -0.381 e. The van der Waals surface area contributed by atoms with E-state index in [0.717, 1.165) is 26.1 Å². The van der Waals surface area contributed by atoms with Crippen LogP contribution in [0.5, 0.6) is 0 Å². The van der Waals surface area contributed by atoms with E-state index in [-0.39, 0.29) is 11.9 Å². The van der Waals surface area contributed by atoms with E-state index >= 15 is 0 Å². The van der Waals surface area contributed by atoms with Gasteiger partial charge in [0.15, 0.2) is 0 Å². The molecule has 0 radical (unpaired) electrons. The lowest BCUT2D eigenvalue weighted by atomic mass is 10.1. The predicted molar refractivity (Wildman–Crippen MR) is 62.1 cm³/mol. The number of anilines is 1. The van der Waals surface area contributed by atoms with Crippen molar-refractivity contribution in [2.24, 2.45) is 0 Å². The van der Waals surface area contributed by atoms with Crippen molar-refractivity contribution in [1.82, 2.24) is 9.97 Å². The summed E-state index contributed by atoms with van der Waals surface area (Å²) in [5.41, 5.74) is 0.593. The third-order valence-electron chi connectivity index (χ3n) is 2.63. The summed E-state index contributed by atoms with van der Waals surface area (Å²) in [7, 11) is 0. The zero-order valence-electron chi connectivity index (χ0n) is 9.31. The monoisotopic (exact) mass is 231 g/mol. The highest BCUT2D eigenvalue weighted by Gasteiger charge is 2.15. The van der Waals surface area contributed by atoms with Crippen molar-refractivity contribution in [3.63, 3.8) is 0 Å². The van der Waals surface area contributed by atoms with Gasteiger partial charge in [-0.05, 0) is 12.8 Å². The number of aromatic nitrogens is 2. The van der Waals surface area contributed by atoms with Crippen LogP contribution in [0.4, 0.5) is 5.82 Å². The summed E-state index contributed by atoms with van der Waals surface area (Å²) in [4.78, 5) is 7.91. The minimum atomic E-state index is 0.116. The quantitative estimate of drug-likeness (QED) is 0.755. The average Bonchev–Trinajstić information content (AvgIpc) is 2.40. The minimum absolute atomic E-state index is 0.116. The summed E-state index contributed by atoms with van der Waals surface area (Å²) in [6, 6.07) is 2.18. The van der Waals surface area contributed by atoms with Gasteiger partial charge in [0.05, 0.1) is 5.56 Å². The van der Waals surface area contributed by atoms with Crippen molar-refractivity contribution >= 4 is 12.0 Å². The van der Waals surface area contributed by atoms with Gasteiger partial charge < -0.3 is 15.5 Å². The predicted octanol–water partition coefficient (Wildman–Crippen LogP) is 0.937. The lowest BCUT2D eigenvalue weighted by molar-refractivity contribution is 0.0904. The third-order valence-corrected chi connectivity index (χ3v) is 2.63. The number of hydrogen-bond acceptors (Lipinski definition) is 6. The van der Waals surface area contributed by atoms with Crippen molar-refractivity contribution in [3.05, 3.63) is 17.6 Å². The molecule has 1 aliphatic rings. The Kier molecular flexibility index (Phi) is 3.62. The van der Waals surface area contributed by atoms with E-state index < -0.39 is 0 Å². The Hall–Kier alpha value is -2.00. The molecule has 1 aliphatic heterocycles. The summed E-state index contributed by atoms with van der Waals surface area (Å²) in [6.07, 6.45) is 4.48. The second-order valence-corrected chi connectivity index (χ2v) is 3.78. The molecular weight excluding hydrogens is 218 g/mol. The first kappa shape index (κ1) is 11.5. The van der Waals surface area contributed by atoms with Gasteiger partial charge in [-0.3, -0.25) is 0 Å². The van der Waals surface area contributed by atoms with E-state index in [4.69, 9.17) is 15.4 Å².